The summed E-state index contributed by atoms with van der Waals surface area (Å²) in [6, 6.07) is -0.0642. The standard InChI is InChI=1S/C21H30N4O10/c1-10(27)17(21(34)35)25-19(32)14(6-7-16(29)30)23-20(33)15(9-26)24-18(31)13(22)8-11-2-4-12(28)5-3-11/h2-5,10,13-15,17,26-28H,6-9,22H2,1H3,(H,23,33)(H,24,31)(H,25,32)(H,29,30)(H,34,35). The number of hydrogen-bond donors (Lipinski definition) is 9. The van der Waals surface area contributed by atoms with E-state index in [0.29, 0.717) is 5.56 Å². The van der Waals surface area contributed by atoms with Gasteiger partial charge in [-0.1, -0.05) is 12.1 Å². The smallest absolute Gasteiger partial charge is 0.328 e. The van der Waals surface area contributed by atoms with Crippen LogP contribution in [0.5, 0.6) is 5.75 Å². The van der Waals surface area contributed by atoms with E-state index in [0.717, 1.165) is 6.92 Å². The van der Waals surface area contributed by atoms with Crippen molar-refractivity contribution in [1.82, 2.24) is 16.0 Å². The number of benzene rings is 1. The highest BCUT2D eigenvalue weighted by Gasteiger charge is 2.32. The molecule has 1 aromatic carbocycles. The topological polar surface area (TPSA) is 249 Å². The number of phenolic OH excluding ortho intramolecular Hbond substituents is 1. The number of aliphatic carboxylic acids is 2. The lowest BCUT2D eigenvalue weighted by Crippen LogP contribution is -2.59. The zero-order valence-electron chi connectivity index (χ0n) is 18.9. The molecule has 5 atom stereocenters. The van der Waals surface area contributed by atoms with Crippen LogP contribution in [0.1, 0.15) is 25.3 Å². The molecule has 0 aliphatic carbocycles. The number of nitrogens with two attached hydrogens (primary N) is 1. The minimum absolute atomic E-state index is 0.0217. The summed E-state index contributed by atoms with van der Waals surface area (Å²) in [5, 5.41) is 52.8. The normalized spacial score (nSPS) is 15.1. The number of hydrogen-bond acceptors (Lipinski definition) is 9. The molecule has 1 rings (SSSR count). The fourth-order valence-electron chi connectivity index (χ4n) is 2.90. The van der Waals surface area contributed by atoms with Gasteiger partial charge in [0.25, 0.3) is 0 Å². The zero-order valence-corrected chi connectivity index (χ0v) is 18.9. The van der Waals surface area contributed by atoms with Gasteiger partial charge in [-0.3, -0.25) is 19.2 Å². The lowest BCUT2D eigenvalue weighted by molar-refractivity contribution is -0.145. The van der Waals surface area contributed by atoms with Crippen LogP contribution in [0.15, 0.2) is 24.3 Å². The first kappa shape index (κ1) is 29.3. The van der Waals surface area contributed by atoms with Gasteiger partial charge in [0.05, 0.1) is 18.8 Å². The molecular formula is C21H30N4O10. The summed E-state index contributed by atoms with van der Waals surface area (Å²) >= 11 is 0. The molecule has 14 heteroatoms. The largest absolute Gasteiger partial charge is 0.508 e. The number of carboxylic acids is 2. The maximum atomic E-state index is 12.6. The monoisotopic (exact) mass is 498 g/mol. The predicted molar refractivity (Wildman–Crippen MR) is 119 cm³/mol. The highest BCUT2D eigenvalue weighted by molar-refractivity contribution is 5.94. The number of carboxylic acid groups (broad SMARTS) is 2. The third-order valence-corrected chi connectivity index (χ3v) is 4.87. The third-order valence-electron chi connectivity index (χ3n) is 4.87. The predicted octanol–water partition coefficient (Wildman–Crippen LogP) is -2.96. The molecule has 0 bridgehead atoms. The minimum Gasteiger partial charge on any atom is -0.508 e. The van der Waals surface area contributed by atoms with E-state index < -0.39 is 79.4 Å². The van der Waals surface area contributed by atoms with Crippen LogP contribution in [-0.4, -0.2) is 92.1 Å². The van der Waals surface area contributed by atoms with Gasteiger partial charge in [0.1, 0.15) is 17.8 Å². The number of nitrogens with one attached hydrogen (secondary N) is 3. The lowest BCUT2D eigenvalue weighted by Gasteiger charge is -2.25. The van der Waals surface area contributed by atoms with Gasteiger partial charge in [0.2, 0.25) is 17.7 Å². The molecule has 1 aromatic rings. The Hall–Kier alpha value is -3.75. The second-order valence-electron chi connectivity index (χ2n) is 7.78. The lowest BCUT2D eigenvalue weighted by atomic mass is 10.1. The van der Waals surface area contributed by atoms with Crippen molar-refractivity contribution in [2.45, 2.75) is 56.5 Å². The van der Waals surface area contributed by atoms with Crippen LogP contribution in [0.3, 0.4) is 0 Å². The molecule has 3 amide bonds. The molecule has 194 valence electrons. The molecule has 10 N–H and O–H groups in total. The van der Waals surface area contributed by atoms with E-state index in [-0.39, 0.29) is 12.2 Å². The van der Waals surface area contributed by atoms with E-state index in [2.05, 4.69) is 10.6 Å². The number of rotatable bonds is 14. The van der Waals surface area contributed by atoms with Crippen molar-refractivity contribution in [2.24, 2.45) is 5.73 Å². The SMILES string of the molecule is CC(O)C(NC(=O)C(CCC(=O)O)NC(=O)C(CO)NC(=O)C(N)Cc1ccc(O)cc1)C(=O)O. The maximum absolute atomic E-state index is 12.6. The van der Waals surface area contributed by atoms with Crippen molar-refractivity contribution >= 4 is 29.7 Å². The average Bonchev–Trinajstić information content (AvgIpc) is 2.78. The first-order chi connectivity index (χ1) is 16.3. The Labute approximate surface area is 200 Å². The first-order valence-electron chi connectivity index (χ1n) is 10.5. The van der Waals surface area contributed by atoms with Crippen molar-refractivity contribution in [2.75, 3.05) is 6.61 Å². The number of amides is 3. The number of carbonyl (C=O) groups excluding carboxylic acids is 3. The minimum atomic E-state index is -1.72. The Morgan fingerprint density at radius 3 is 1.94 bits per heavy atom. The summed E-state index contributed by atoms with van der Waals surface area (Å²) in [7, 11) is 0. The van der Waals surface area contributed by atoms with Gasteiger partial charge in [0.15, 0.2) is 6.04 Å². The van der Waals surface area contributed by atoms with Gasteiger partial charge < -0.3 is 47.2 Å². The maximum Gasteiger partial charge on any atom is 0.328 e. The van der Waals surface area contributed by atoms with E-state index in [1.807, 2.05) is 5.32 Å². The van der Waals surface area contributed by atoms with Gasteiger partial charge >= 0.3 is 11.9 Å². The Morgan fingerprint density at radius 2 is 1.46 bits per heavy atom. The average molecular weight is 498 g/mol. The molecule has 14 nitrogen and oxygen atoms in total. The highest BCUT2D eigenvalue weighted by atomic mass is 16.4. The number of aromatic hydroxyl groups is 1. The Morgan fingerprint density at radius 1 is 0.914 bits per heavy atom. The van der Waals surface area contributed by atoms with Crippen molar-refractivity contribution < 1.29 is 49.5 Å². The molecule has 0 heterocycles. The number of phenols is 1. The highest BCUT2D eigenvalue weighted by Crippen LogP contribution is 2.11. The van der Waals surface area contributed by atoms with Crippen LogP contribution < -0.4 is 21.7 Å². The van der Waals surface area contributed by atoms with Crippen LogP contribution in [0, 0.1) is 0 Å². The Kier molecular flexibility index (Phi) is 11.6. The molecule has 0 fully saturated rings. The fourth-order valence-corrected chi connectivity index (χ4v) is 2.90. The van der Waals surface area contributed by atoms with Crippen LogP contribution in [0.4, 0.5) is 0 Å². The van der Waals surface area contributed by atoms with Crippen LogP contribution in [-0.2, 0) is 30.4 Å². The van der Waals surface area contributed by atoms with Crippen LogP contribution >= 0.6 is 0 Å². The molecule has 0 radical (unpaired) electrons. The Balaban J connectivity index is 2.86. The van der Waals surface area contributed by atoms with Crippen molar-refractivity contribution in [3.63, 3.8) is 0 Å². The van der Waals surface area contributed by atoms with E-state index in [1.165, 1.54) is 12.1 Å². The summed E-state index contributed by atoms with van der Waals surface area (Å²) in [5.41, 5.74) is 6.45. The molecule has 35 heavy (non-hydrogen) atoms. The van der Waals surface area contributed by atoms with Gasteiger partial charge in [-0.05, 0) is 37.5 Å². The molecule has 0 aliphatic rings. The van der Waals surface area contributed by atoms with Gasteiger partial charge in [-0.25, -0.2) is 4.79 Å². The van der Waals surface area contributed by atoms with Gasteiger partial charge in [-0.15, -0.1) is 0 Å². The molecular weight excluding hydrogens is 468 g/mol. The molecule has 0 spiro atoms. The summed E-state index contributed by atoms with van der Waals surface area (Å²) in [5.74, 6) is -5.77. The summed E-state index contributed by atoms with van der Waals surface area (Å²) in [6.45, 7) is 0.227. The summed E-state index contributed by atoms with van der Waals surface area (Å²) < 4.78 is 0. The number of aliphatic hydroxyl groups excluding tert-OH is 2. The van der Waals surface area contributed by atoms with Crippen LogP contribution in [0.2, 0.25) is 0 Å². The van der Waals surface area contributed by atoms with Crippen molar-refractivity contribution in [1.29, 1.82) is 0 Å². The van der Waals surface area contributed by atoms with Crippen LogP contribution in [0.25, 0.3) is 0 Å². The second kappa shape index (κ2) is 13.8. The molecule has 0 aromatic heterocycles. The molecule has 0 aliphatic heterocycles. The number of carbonyl (C=O) groups is 5. The van der Waals surface area contributed by atoms with E-state index >= 15 is 0 Å². The Bertz CT molecular complexity index is 906. The van der Waals surface area contributed by atoms with Gasteiger partial charge in [-0.2, -0.15) is 0 Å². The van der Waals surface area contributed by atoms with Crippen molar-refractivity contribution in [3.05, 3.63) is 29.8 Å². The van der Waals surface area contributed by atoms with E-state index in [4.69, 9.17) is 15.9 Å². The molecule has 0 saturated carbocycles. The summed E-state index contributed by atoms with van der Waals surface area (Å²) in [4.78, 5) is 59.6. The second-order valence-corrected chi connectivity index (χ2v) is 7.78. The van der Waals surface area contributed by atoms with E-state index in [1.54, 1.807) is 12.1 Å². The number of aliphatic hydroxyl groups is 2. The first-order valence-corrected chi connectivity index (χ1v) is 10.5. The molecule has 5 unspecified atom stereocenters. The quantitative estimate of drug-likeness (QED) is 0.125. The zero-order chi connectivity index (χ0) is 26.7. The third kappa shape index (κ3) is 9.95. The van der Waals surface area contributed by atoms with E-state index in [9.17, 15) is 39.3 Å². The fraction of sp³-hybridized carbons (Fsp3) is 0.476. The van der Waals surface area contributed by atoms with Crippen molar-refractivity contribution in [3.8, 4) is 5.75 Å². The summed E-state index contributed by atoms with van der Waals surface area (Å²) in [6.07, 6.45) is -2.46. The van der Waals surface area contributed by atoms with Gasteiger partial charge in [0, 0.05) is 6.42 Å². The molecule has 0 saturated heterocycles.